The van der Waals surface area contributed by atoms with Crippen LogP contribution in [-0.4, -0.2) is 34.2 Å². The molecule has 2 aliphatic rings. The molecule has 0 unspecified atom stereocenters. The molecule has 1 amide bonds. The van der Waals surface area contributed by atoms with Crippen LogP contribution in [0.25, 0.3) is 5.57 Å². The summed E-state index contributed by atoms with van der Waals surface area (Å²) in [5.41, 5.74) is 1.75. The standard InChI is InChI=1S/C21H18F4N4OS/c1-11-7-29-8-13(17-9-31-10-26-17)6-15(19(29)27-11)20(30)28-12(2)14-4-3-5-16(18(14)22)21(23,24)25/h3-6,8-12H,7H2,1-2H3,(H,28,30)/t11-,12-/m1/s1. The molecule has 0 bridgehead atoms. The van der Waals surface area contributed by atoms with Gasteiger partial charge in [-0.3, -0.25) is 9.79 Å². The molecule has 0 spiro atoms. The highest BCUT2D eigenvalue weighted by Crippen LogP contribution is 2.34. The third kappa shape index (κ3) is 4.12. The molecule has 0 saturated heterocycles. The summed E-state index contributed by atoms with van der Waals surface area (Å²) in [4.78, 5) is 23.7. The SMILES string of the molecule is C[C@@H]1CN2C=C(c3cscn3)C=C(C(=O)N[C@H](C)c3cccc(C(F)(F)F)c3F)C2=N1. The van der Waals surface area contributed by atoms with Crippen LogP contribution >= 0.6 is 11.3 Å². The average Bonchev–Trinajstić information content (AvgIpc) is 3.34. The van der Waals surface area contributed by atoms with Crippen molar-refractivity contribution in [3.05, 3.63) is 69.6 Å². The molecule has 10 heteroatoms. The van der Waals surface area contributed by atoms with Gasteiger partial charge in [0, 0.05) is 29.3 Å². The van der Waals surface area contributed by atoms with Gasteiger partial charge in [-0.2, -0.15) is 13.2 Å². The number of fused-ring (bicyclic) bond motifs is 1. The van der Waals surface area contributed by atoms with Crippen molar-refractivity contribution in [3.63, 3.8) is 0 Å². The summed E-state index contributed by atoms with van der Waals surface area (Å²) in [7, 11) is 0. The number of aliphatic imine (C=N–C) groups is 1. The molecule has 2 aliphatic heterocycles. The lowest BCUT2D eigenvalue weighted by Crippen LogP contribution is -2.37. The molecule has 1 aromatic heterocycles. The maximum Gasteiger partial charge on any atom is 0.419 e. The highest BCUT2D eigenvalue weighted by Gasteiger charge is 2.36. The van der Waals surface area contributed by atoms with Crippen LogP contribution in [0.1, 0.15) is 36.7 Å². The number of alkyl halides is 3. The minimum absolute atomic E-state index is 0.0319. The maximum atomic E-state index is 14.5. The number of carbonyl (C=O) groups is 1. The van der Waals surface area contributed by atoms with Crippen LogP contribution in [0.15, 0.2) is 51.9 Å². The van der Waals surface area contributed by atoms with Crippen LogP contribution in [0.2, 0.25) is 0 Å². The maximum absolute atomic E-state index is 14.5. The molecule has 2 atom stereocenters. The second-order valence-corrected chi connectivity index (χ2v) is 8.09. The fourth-order valence-corrected chi connectivity index (χ4v) is 4.14. The molecule has 5 nitrogen and oxygen atoms in total. The summed E-state index contributed by atoms with van der Waals surface area (Å²) in [6, 6.07) is 2.01. The van der Waals surface area contributed by atoms with Gasteiger partial charge in [0.25, 0.3) is 5.91 Å². The minimum atomic E-state index is -4.82. The van der Waals surface area contributed by atoms with Crippen LogP contribution in [0.3, 0.4) is 0 Å². The second-order valence-electron chi connectivity index (χ2n) is 7.37. The molecule has 1 N–H and O–H groups in total. The number of allylic oxidation sites excluding steroid dienone is 2. The van der Waals surface area contributed by atoms with Crippen molar-refractivity contribution < 1.29 is 22.4 Å². The summed E-state index contributed by atoms with van der Waals surface area (Å²) >= 11 is 1.42. The Labute approximate surface area is 179 Å². The number of benzene rings is 1. The average molecular weight is 450 g/mol. The first-order valence-electron chi connectivity index (χ1n) is 9.48. The predicted molar refractivity (Wildman–Crippen MR) is 110 cm³/mol. The smallest absolute Gasteiger partial charge is 0.345 e. The van der Waals surface area contributed by atoms with Crippen molar-refractivity contribution in [1.82, 2.24) is 15.2 Å². The zero-order valence-electron chi connectivity index (χ0n) is 16.6. The summed E-state index contributed by atoms with van der Waals surface area (Å²) in [6.45, 7) is 3.94. The van der Waals surface area contributed by atoms with Gasteiger partial charge in [0.05, 0.1) is 34.4 Å². The van der Waals surface area contributed by atoms with Crippen molar-refractivity contribution in [2.75, 3.05) is 6.54 Å². The van der Waals surface area contributed by atoms with Gasteiger partial charge >= 0.3 is 6.18 Å². The van der Waals surface area contributed by atoms with E-state index in [4.69, 9.17) is 0 Å². The Morgan fingerprint density at radius 1 is 1.35 bits per heavy atom. The van der Waals surface area contributed by atoms with Gasteiger partial charge in [0.2, 0.25) is 0 Å². The summed E-state index contributed by atoms with van der Waals surface area (Å²) < 4.78 is 53.6. The van der Waals surface area contributed by atoms with Crippen molar-refractivity contribution >= 4 is 28.7 Å². The normalized spacial score (nSPS) is 19.4. The van der Waals surface area contributed by atoms with E-state index in [0.717, 1.165) is 11.6 Å². The van der Waals surface area contributed by atoms with E-state index in [0.29, 0.717) is 24.1 Å². The topological polar surface area (TPSA) is 57.6 Å². The van der Waals surface area contributed by atoms with E-state index in [1.807, 2.05) is 23.4 Å². The van der Waals surface area contributed by atoms with Gasteiger partial charge in [-0.05, 0) is 26.0 Å². The number of nitrogens with one attached hydrogen (secondary N) is 1. The molecular formula is C21H18F4N4OS. The number of thiazole rings is 1. The van der Waals surface area contributed by atoms with E-state index in [1.165, 1.54) is 24.3 Å². The van der Waals surface area contributed by atoms with Crippen molar-refractivity contribution in [1.29, 1.82) is 0 Å². The van der Waals surface area contributed by atoms with Gasteiger partial charge in [-0.15, -0.1) is 11.3 Å². The van der Waals surface area contributed by atoms with Crippen LogP contribution < -0.4 is 5.32 Å². The van der Waals surface area contributed by atoms with Crippen molar-refractivity contribution in [2.24, 2.45) is 4.99 Å². The molecule has 4 rings (SSSR count). The number of amidine groups is 1. The molecule has 0 fully saturated rings. The van der Waals surface area contributed by atoms with Crippen LogP contribution in [0.4, 0.5) is 17.6 Å². The number of amides is 1. The largest absolute Gasteiger partial charge is 0.419 e. The molecule has 0 aliphatic carbocycles. The van der Waals surface area contributed by atoms with Crippen molar-refractivity contribution in [2.45, 2.75) is 32.1 Å². The first kappa shape index (κ1) is 21.2. The molecular weight excluding hydrogens is 432 g/mol. The summed E-state index contributed by atoms with van der Waals surface area (Å²) in [5.74, 6) is -1.47. The van der Waals surface area contributed by atoms with E-state index in [1.54, 1.807) is 11.6 Å². The lowest BCUT2D eigenvalue weighted by atomic mass is 10.0. The third-order valence-corrected chi connectivity index (χ3v) is 5.62. The predicted octanol–water partition coefficient (Wildman–Crippen LogP) is 4.56. The Balaban J connectivity index is 1.63. The minimum Gasteiger partial charge on any atom is -0.345 e. The van der Waals surface area contributed by atoms with Gasteiger partial charge in [0.1, 0.15) is 11.7 Å². The van der Waals surface area contributed by atoms with E-state index in [2.05, 4.69) is 15.3 Å². The van der Waals surface area contributed by atoms with Gasteiger partial charge < -0.3 is 10.2 Å². The Morgan fingerprint density at radius 2 is 2.13 bits per heavy atom. The zero-order valence-corrected chi connectivity index (χ0v) is 17.4. The first-order chi connectivity index (χ1) is 14.6. The number of aromatic nitrogens is 1. The Morgan fingerprint density at radius 3 is 2.81 bits per heavy atom. The highest BCUT2D eigenvalue weighted by molar-refractivity contribution is 7.07. The number of carbonyl (C=O) groups excluding carboxylic acids is 1. The van der Waals surface area contributed by atoms with Gasteiger partial charge in [-0.1, -0.05) is 12.1 Å². The van der Waals surface area contributed by atoms with E-state index in [9.17, 15) is 22.4 Å². The zero-order chi connectivity index (χ0) is 22.3. The lowest BCUT2D eigenvalue weighted by Gasteiger charge is -2.25. The molecule has 162 valence electrons. The van der Waals surface area contributed by atoms with E-state index >= 15 is 0 Å². The molecule has 3 heterocycles. The fourth-order valence-electron chi connectivity index (χ4n) is 3.58. The fraction of sp³-hybridized carbons (Fsp3) is 0.286. The number of rotatable bonds is 4. The van der Waals surface area contributed by atoms with Crippen LogP contribution in [0, 0.1) is 5.82 Å². The molecule has 0 radical (unpaired) electrons. The number of halogens is 4. The lowest BCUT2D eigenvalue weighted by molar-refractivity contribution is -0.140. The molecule has 31 heavy (non-hydrogen) atoms. The second kappa shape index (κ2) is 7.92. The molecule has 1 aromatic carbocycles. The summed E-state index contributed by atoms with van der Waals surface area (Å²) in [6.07, 6.45) is -1.31. The number of hydrogen-bond acceptors (Lipinski definition) is 5. The third-order valence-electron chi connectivity index (χ3n) is 5.03. The van der Waals surface area contributed by atoms with Crippen LogP contribution in [-0.2, 0) is 11.0 Å². The number of hydrogen-bond donors (Lipinski definition) is 1. The van der Waals surface area contributed by atoms with Crippen molar-refractivity contribution in [3.8, 4) is 0 Å². The first-order valence-corrected chi connectivity index (χ1v) is 10.4. The van der Waals surface area contributed by atoms with Crippen LogP contribution in [0.5, 0.6) is 0 Å². The van der Waals surface area contributed by atoms with E-state index in [-0.39, 0.29) is 17.2 Å². The molecule has 2 aromatic rings. The van der Waals surface area contributed by atoms with Gasteiger partial charge in [-0.25, -0.2) is 9.37 Å². The number of nitrogens with zero attached hydrogens (tertiary/aromatic N) is 3. The molecule has 0 saturated carbocycles. The summed E-state index contributed by atoms with van der Waals surface area (Å²) in [5, 5.41) is 4.46. The van der Waals surface area contributed by atoms with E-state index < -0.39 is 29.5 Å². The highest BCUT2D eigenvalue weighted by atomic mass is 32.1. The monoisotopic (exact) mass is 450 g/mol. The Hall–Kier alpha value is -3.01. The Bertz CT molecular complexity index is 1110. The quantitative estimate of drug-likeness (QED) is 0.695. The Kier molecular flexibility index (Phi) is 5.42. The van der Waals surface area contributed by atoms with Gasteiger partial charge in [0.15, 0.2) is 0 Å².